The molecule has 1 rings (SSSR count). The van der Waals surface area contributed by atoms with Gasteiger partial charge in [-0.25, -0.2) is 10.8 Å². The normalized spacial score (nSPS) is 11.9. The summed E-state index contributed by atoms with van der Waals surface area (Å²) in [5.41, 5.74) is 2.01. The molecule has 0 radical (unpaired) electrons. The van der Waals surface area contributed by atoms with Gasteiger partial charge in [-0.15, -0.1) is 0 Å². The van der Waals surface area contributed by atoms with Gasteiger partial charge in [0.25, 0.3) is 5.69 Å². The van der Waals surface area contributed by atoms with Crippen molar-refractivity contribution in [2.75, 3.05) is 23.9 Å². The van der Waals surface area contributed by atoms with Crippen LogP contribution in [0, 0.1) is 10.1 Å². The molecule has 0 aliphatic rings. The Hall–Kier alpha value is -1.97. The summed E-state index contributed by atoms with van der Waals surface area (Å²) in [4.78, 5) is 13.9. The molecule has 0 fully saturated rings. The van der Waals surface area contributed by atoms with E-state index in [4.69, 9.17) is 16.1 Å². The number of rotatable bonds is 6. The predicted octanol–water partition coefficient (Wildman–Crippen LogP) is -0.960. The van der Waals surface area contributed by atoms with Gasteiger partial charge in [0, 0.05) is 6.54 Å². The van der Waals surface area contributed by atoms with Crippen molar-refractivity contribution >= 4 is 17.3 Å². The number of nitro groups is 1. The van der Waals surface area contributed by atoms with E-state index >= 15 is 0 Å². The van der Waals surface area contributed by atoms with Crippen LogP contribution in [0.5, 0.6) is 0 Å². The zero-order chi connectivity index (χ0) is 12.8. The van der Waals surface area contributed by atoms with Gasteiger partial charge in [-0.1, -0.05) is 0 Å². The van der Waals surface area contributed by atoms with Gasteiger partial charge in [-0.05, 0) is 0 Å². The average Bonchev–Trinajstić information content (AvgIpc) is 2.35. The number of hydrazine groups is 1. The van der Waals surface area contributed by atoms with Gasteiger partial charge in [0.15, 0.2) is 0 Å². The molecule has 9 nitrogen and oxygen atoms in total. The molecule has 1 heterocycles. The standard InChI is InChI=1S/C8H13N5O4/c9-12-8-2-5(13(16)17)1-7(11-8)10-3-6(15)4-14/h1-2,6,14-15H,3-4,9H2,(H2,10,11,12). The van der Waals surface area contributed by atoms with Crippen molar-refractivity contribution in [2.45, 2.75) is 6.10 Å². The molecule has 0 spiro atoms. The van der Waals surface area contributed by atoms with E-state index in [1.54, 1.807) is 0 Å². The maximum Gasteiger partial charge on any atom is 0.276 e. The van der Waals surface area contributed by atoms with Crippen molar-refractivity contribution in [3.05, 3.63) is 22.2 Å². The molecule has 1 atom stereocenters. The summed E-state index contributed by atoms with van der Waals surface area (Å²) in [5.74, 6) is 5.42. The molecule has 0 aromatic carbocycles. The lowest BCUT2D eigenvalue weighted by molar-refractivity contribution is -0.384. The van der Waals surface area contributed by atoms with E-state index in [1.165, 1.54) is 12.1 Å². The van der Waals surface area contributed by atoms with Crippen LogP contribution in [0.3, 0.4) is 0 Å². The molecule has 0 bridgehead atoms. The van der Waals surface area contributed by atoms with E-state index in [0.717, 1.165) is 0 Å². The van der Waals surface area contributed by atoms with Gasteiger partial charge in [0.05, 0.1) is 29.8 Å². The summed E-state index contributed by atoms with van der Waals surface area (Å²) in [7, 11) is 0. The smallest absolute Gasteiger partial charge is 0.276 e. The Labute approximate surface area is 96.4 Å². The topological polar surface area (TPSA) is 147 Å². The molecule has 1 aromatic rings. The van der Waals surface area contributed by atoms with E-state index in [1.807, 2.05) is 0 Å². The van der Waals surface area contributed by atoms with Gasteiger partial charge in [-0.3, -0.25) is 10.1 Å². The summed E-state index contributed by atoms with van der Waals surface area (Å²) in [6, 6.07) is 2.37. The number of anilines is 2. The third-order valence-electron chi connectivity index (χ3n) is 1.90. The SMILES string of the molecule is NNc1cc([N+](=O)[O-])cc(NCC(O)CO)n1. The number of nitrogens with zero attached hydrogens (tertiary/aromatic N) is 2. The molecule has 9 heteroatoms. The number of hydrogen-bond acceptors (Lipinski definition) is 8. The minimum atomic E-state index is -0.967. The maximum absolute atomic E-state index is 10.6. The highest BCUT2D eigenvalue weighted by molar-refractivity contribution is 5.54. The summed E-state index contributed by atoms with van der Waals surface area (Å²) in [6.45, 7) is -0.390. The van der Waals surface area contributed by atoms with E-state index in [0.29, 0.717) is 0 Å². The van der Waals surface area contributed by atoms with Gasteiger partial charge in [0.2, 0.25) is 0 Å². The van der Waals surface area contributed by atoms with Gasteiger partial charge >= 0.3 is 0 Å². The highest BCUT2D eigenvalue weighted by Crippen LogP contribution is 2.19. The Morgan fingerprint density at radius 3 is 2.71 bits per heavy atom. The maximum atomic E-state index is 10.6. The Morgan fingerprint density at radius 2 is 2.18 bits per heavy atom. The minimum Gasteiger partial charge on any atom is -0.394 e. The Morgan fingerprint density at radius 1 is 1.53 bits per heavy atom. The average molecular weight is 243 g/mol. The summed E-state index contributed by atoms with van der Waals surface area (Å²) in [6.07, 6.45) is -0.967. The van der Waals surface area contributed by atoms with Crippen LogP contribution in [0.25, 0.3) is 0 Å². The first-order chi connectivity index (χ1) is 8.06. The van der Waals surface area contributed by atoms with E-state index < -0.39 is 17.6 Å². The number of hydrogen-bond donors (Lipinski definition) is 5. The molecule has 0 amide bonds. The first-order valence-corrected chi connectivity index (χ1v) is 4.72. The molecule has 0 aliphatic carbocycles. The quantitative estimate of drug-likeness (QED) is 0.244. The van der Waals surface area contributed by atoms with Crippen molar-refractivity contribution in [3.8, 4) is 0 Å². The van der Waals surface area contributed by atoms with Crippen molar-refractivity contribution in [1.29, 1.82) is 0 Å². The number of nitrogens with two attached hydrogens (primary N) is 1. The fourth-order valence-electron chi connectivity index (χ4n) is 1.07. The van der Waals surface area contributed by atoms with Crippen molar-refractivity contribution < 1.29 is 15.1 Å². The second-order valence-electron chi connectivity index (χ2n) is 3.21. The highest BCUT2D eigenvalue weighted by atomic mass is 16.6. The monoisotopic (exact) mass is 243 g/mol. The van der Waals surface area contributed by atoms with Crippen LogP contribution in [0.15, 0.2) is 12.1 Å². The Kier molecular flexibility index (Phi) is 4.57. The first-order valence-electron chi connectivity index (χ1n) is 4.72. The van der Waals surface area contributed by atoms with Gasteiger partial charge in [0.1, 0.15) is 11.6 Å². The molecule has 0 saturated carbocycles. The fourth-order valence-corrected chi connectivity index (χ4v) is 1.07. The summed E-state index contributed by atoms with van der Waals surface area (Å²) >= 11 is 0. The lowest BCUT2D eigenvalue weighted by atomic mass is 10.3. The van der Waals surface area contributed by atoms with E-state index in [9.17, 15) is 10.1 Å². The predicted molar refractivity (Wildman–Crippen MR) is 60.3 cm³/mol. The van der Waals surface area contributed by atoms with Crippen molar-refractivity contribution in [2.24, 2.45) is 5.84 Å². The molecule has 6 N–H and O–H groups in total. The zero-order valence-corrected chi connectivity index (χ0v) is 8.83. The lowest BCUT2D eigenvalue weighted by Gasteiger charge is -2.10. The Balaban J connectivity index is 2.83. The molecule has 1 aromatic heterocycles. The summed E-state index contributed by atoms with van der Waals surface area (Å²) < 4.78 is 0. The third-order valence-corrected chi connectivity index (χ3v) is 1.90. The minimum absolute atomic E-state index is 0.0225. The van der Waals surface area contributed by atoms with Crippen LogP contribution in [-0.4, -0.2) is 39.4 Å². The molecular weight excluding hydrogens is 230 g/mol. The molecule has 0 saturated heterocycles. The Bertz CT molecular complexity index is 400. The van der Waals surface area contributed by atoms with Crippen LogP contribution < -0.4 is 16.6 Å². The zero-order valence-electron chi connectivity index (χ0n) is 8.83. The summed E-state index contributed by atoms with van der Waals surface area (Å²) in [5, 5.41) is 31.0. The van der Waals surface area contributed by atoms with Crippen LogP contribution in [-0.2, 0) is 0 Å². The second kappa shape index (κ2) is 5.94. The van der Waals surface area contributed by atoms with Gasteiger partial charge in [-0.2, -0.15) is 0 Å². The van der Waals surface area contributed by atoms with Crippen molar-refractivity contribution in [1.82, 2.24) is 4.98 Å². The highest BCUT2D eigenvalue weighted by Gasteiger charge is 2.11. The first kappa shape index (κ1) is 13.1. The van der Waals surface area contributed by atoms with E-state index in [-0.39, 0.29) is 23.9 Å². The molecule has 0 aliphatic heterocycles. The lowest BCUT2D eigenvalue weighted by Crippen LogP contribution is -2.23. The third kappa shape index (κ3) is 3.83. The number of nitrogen functional groups attached to an aromatic ring is 1. The fraction of sp³-hybridized carbons (Fsp3) is 0.375. The van der Waals surface area contributed by atoms with Crippen LogP contribution >= 0.6 is 0 Å². The molecular formula is C8H13N5O4. The number of aromatic nitrogens is 1. The second-order valence-corrected chi connectivity index (χ2v) is 3.21. The largest absolute Gasteiger partial charge is 0.394 e. The number of aliphatic hydroxyl groups excluding tert-OH is 2. The van der Waals surface area contributed by atoms with Crippen molar-refractivity contribution in [3.63, 3.8) is 0 Å². The van der Waals surface area contributed by atoms with E-state index in [2.05, 4.69) is 15.7 Å². The molecule has 17 heavy (non-hydrogen) atoms. The number of nitrogens with one attached hydrogen (secondary N) is 2. The number of pyridine rings is 1. The van der Waals surface area contributed by atoms with Gasteiger partial charge < -0.3 is 21.0 Å². The van der Waals surface area contributed by atoms with Crippen LogP contribution in [0.1, 0.15) is 0 Å². The van der Waals surface area contributed by atoms with Crippen LogP contribution in [0.4, 0.5) is 17.3 Å². The molecule has 94 valence electrons. The molecule has 1 unspecified atom stereocenters. The number of aliphatic hydroxyl groups is 2. The van der Waals surface area contributed by atoms with Crippen LogP contribution in [0.2, 0.25) is 0 Å².